The Hall–Kier alpha value is -1.03. The molecule has 0 saturated carbocycles. The first-order chi connectivity index (χ1) is 7.70. The molecule has 2 aromatic rings. The van der Waals surface area contributed by atoms with E-state index in [2.05, 4.69) is 0 Å². The third kappa shape index (κ3) is 1.61. The summed E-state index contributed by atoms with van der Waals surface area (Å²) in [7, 11) is 0. The summed E-state index contributed by atoms with van der Waals surface area (Å²) in [6, 6.07) is 7.89. The summed E-state index contributed by atoms with van der Waals surface area (Å²) < 4.78 is 25.4. The van der Waals surface area contributed by atoms with Crippen molar-refractivity contribution in [1.82, 2.24) is 4.57 Å². The first-order valence-electron chi connectivity index (χ1n) is 5.32. The number of para-hydroxylation sites is 2. The Balaban J connectivity index is 2.89. The molecule has 1 unspecified atom stereocenters. The molecule has 1 N–H and O–H groups in total. The Morgan fingerprint density at radius 3 is 2.62 bits per heavy atom. The van der Waals surface area contributed by atoms with Crippen molar-refractivity contribution in [2.24, 2.45) is 0 Å². The van der Waals surface area contributed by atoms with Gasteiger partial charge in [0.1, 0.15) is 0 Å². The number of nitrogens with zero attached hydrogens (tertiary/aromatic N) is 2. The zero-order valence-electron chi connectivity index (χ0n) is 9.38. The van der Waals surface area contributed by atoms with Crippen LogP contribution in [0.4, 0.5) is 0 Å². The molecular weight excluding hydrogens is 271 g/mol. The van der Waals surface area contributed by atoms with Crippen LogP contribution in [0, 0.1) is 0 Å². The van der Waals surface area contributed by atoms with E-state index >= 15 is 0 Å². The van der Waals surface area contributed by atoms with Gasteiger partial charge in [-0.3, -0.25) is 0 Å². The van der Waals surface area contributed by atoms with Crippen LogP contribution in [0.2, 0.25) is 0 Å². The van der Waals surface area contributed by atoms with Gasteiger partial charge in [0.2, 0.25) is 0 Å². The molecule has 1 aromatic carbocycles. The molecule has 0 spiro atoms. The first-order valence-corrected chi connectivity index (χ1v) is 7.64. The summed E-state index contributed by atoms with van der Waals surface area (Å²) in [6.45, 7) is 5.41. The van der Waals surface area contributed by atoms with Crippen molar-refractivity contribution >= 4 is 29.9 Å². The summed E-state index contributed by atoms with van der Waals surface area (Å²) in [4.78, 5) is 0. The van der Waals surface area contributed by atoms with Gasteiger partial charge in [0.25, 0.3) is 0 Å². The molecule has 0 bridgehead atoms. The topological polar surface area (TPSA) is 46.1 Å². The molecule has 0 aliphatic rings. The second kappa shape index (κ2) is 4.45. The summed E-state index contributed by atoms with van der Waals surface area (Å²) in [5.74, 6) is 0. The van der Waals surface area contributed by atoms with E-state index in [1.807, 2.05) is 47.2 Å². The van der Waals surface area contributed by atoms with Gasteiger partial charge in [0, 0.05) is 0 Å². The molecule has 0 aliphatic carbocycles. The van der Waals surface area contributed by atoms with Gasteiger partial charge in [-0.05, 0) is 0 Å². The van der Waals surface area contributed by atoms with Crippen LogP contribution in [0.15, 0.2) is 24.3 Å². The average molecular weight is 286 g/mol. The number of hydrogen-bond acceptors (Lipinski definition) is 1. The monoisotopic (exact) mass is 287 g/mol. The zero-order chi connectivity index (χ0) is 11.7. The fourth-order valence-corrected chi connectivity index (χ4v) is 3.82. The molecule has 1 atom stereocenters. The van der Waals surface area contributed by atoms with E-state index in [1.165, 1.54) is 0 Å². The van der Waals surface area contributed by atoms with Crippen LogP contribution < -0.4 is 9.29 Å². The van der Waals surface area contributed by atoms with Gasteiger partial charge in [0.05, 0.1) is 0 Å². The van der Waals surface area contributed by atoms with Gasteiger partial charge in [-0.15, -0.1) is 0 Å². The van der Waals surface area contributed by atoms with Gasteiger partial charge in [0.15, 0.2) is 0 Å². The quantitative estimate of drug-likeness (QED) is 0.642. The molecule has 0 radical (unpaired) electrons. The molecule has 0 fully saturated rings. The third-order valence-electron chi connectivity index (χ3n) is 2.71. The van der Waals surface area contributed by atoms with E-state index in [-0.39, 0.29) is 0 Å². The zero-order valence-corrected chi connectivity index (χ0v) is 11.1. The van der Waals surface area contributed by atoms with E-state index < -0.39 is 14.2 Å². The van der Waals surface area contributed by atoms with Crippen molar-refractivity contribution < 1.29 is 12.6 Å². The Labute approximate surface area is 98.5 Å². The number of rotatable bonds is 3. The predicted molar refractivity (Wildman–Crippen MR) is 61.8 cm³/mol. The van der Waals surface area contributed by atoms with Crippen LogP contribution in [-0.4, -0.2) is 22.9 Å². The molecule has 5 heteroatoms. The molecule has 0 amide bonds. The number of fused-ring (bicyclic) bond motifs is 1. The number of aromatic nitrogens is 2. The van der Waals surface area contributed by atoms with Crippen LogP contribution >= 0.6 is 0 Å². The number of hydrogen-bond donors (Lipinski definition) is 1. The van der Waals surface area contributed by atoms with Crippen molar-refractivity contribution in [3.8, 4) is 0 Å². The molecule has 2 rings (SSSR count). The molecule has 1 aromatic heterocycles. The van der Waals surface area contributed by atoms with Crippen molar-refractivity contribution in [2.75, 3.05) is 0 Å². The Kier molecular flexibility index (Phi) is 3.19. The minimum absolute atomic E-state index is 0.561. The van der Waals surface area contributed by atoms with Crippen molar-refractivity contribution in [1.29, 1.82) is 0 Å². The summed E-state index contributed by atoms with van der Waals surface area (Å²) >= 11 is -2.91. The summed E-state index contributed by atoms with van der Waals surface area (Å²) in [5.41, 5.74) is 2.06. The van der Waals surface area contributed by atoms with Crippen LogP contribution in [0.3, 0.4) is 0 Å². The van der Waals surface area contributed by atoms with E-state index in [4.69, 9.17) is 0 Å². The normalized spacial score (nSPS) is 13.2. The Morgan fingerprint density at radius 2 is 2.06 bits per heavy atom. The fourth-order valence-electron chi connectivity index (χ4n) is 2.07. The molecule has 0 saturated heterocycles. The standard InChI is InChI=1S/C11H14N2O2Se/c1-3-12-9-7-5-6-8-10(9)13(4-2)11(12)16(14)15/h5-8H,3-4H2,1-2H3/p+1. The van der Waals surface area contributed by atoms with E-state index in [0.29, 0.717) is 17.8 Å². The van der Waals surface area contributed by atoms with Gasteiger partial charge in [-0.25, -0.2) is 0 Å². The maximum absolute atomic E-state index is 11.5. The van der Waals surface area contributed by atoms with Crippen LogP contribution in [0.1, 0.15) is 13.8 Å². The van der Waals surface area contributed by atoms with Gasteiger partial charge in [-0.1, -0.05) is 0 Å². The number of aryl methyl sites for hydroxylation is 2. The SMILES string of the molecule is CCn1c([Se](=O)O)[n+](CC)c2ccccc21. The molecular formula is C11H15N2O2Se+. The molecule has 86 valence electrons. The average Bonchev–Trinajstić information content (AvgIpc) is 2.62. The second-order valence-electron chi connectivity index (χ2n) is 3.51. The van der Waals surface area contributed by atoms with E-state index in [9.17, 15) is 8.02 Å². The van der Waals surface area contributed by atoms with Crippen LogP contribution in [-0.2, 0) is 16.9 Å². The predicted octanol–water partition coefficient (Wildman–Crippen LogP) is 0.0866. The summed E-state index contributed by atoms with van der Waals surface area (Å²) in [5, 5.41) is 0. The number of imidazole rings is 1. The molecule has 1 heterocycles. The first kappa shape index (κ1) is 11.5. The van der Waals surface area contributed by atoms with Crippen molar-refractivity contribution in [3.05, 3.63) is 24.3 Å². The fraction of sp³-hybridized carbons (Fsp3) is 0.364. The molecule has 0 aliphatic heterocycles. The van der Waals surface area contributed by atoms with E-state index in [1.54, 1.807) is 0 Å². The number of benzene rings is 1. The van der Waals surface area contributed by atoms with Crippen molar-refractivity contribution in [3.63, 3.8) is 0 Å². The Morgan fingerprint density at radius 1 is 1.38 bits per heavy atom. The van der Waals surface area contributed by atoms with Crippen molar-refractivity contribution in [2.45, 2.75) is 26.9 Å². The van der Waals surface area contributed by atoms with Crippen LogP contribution in [0.5, 0.6) is 0 Å². The van der Waals surface area contributed by atoms with Crippen LogP contribution in [0.25, 0.3) is 11.0 Å². The van der Waals surface area contributed by atoms with Gasteiger partial charge < -0.3 is 0 Å². The Bertz CT molecular complexity index is 507. The van der Waals surface area contributed by atoms with Gasteiger partial charge in [-0.2, -0.15) is 0 Å². The van der Waals surface area contributed by atoms with Gasteiger partial charge >= 0.3 is 98.3 Å². The molecule has 4 nitrogen and oxygen atoms in total. The van der Waals surface area contributed by atoms with E-state index in [0.717, 1.165) is 11.0 Å². The molecule has 16 heavy (non-hydrogen) atoms. The maximum atomic E-state index is 11.5. The summed E-state index contributed by atoms with van der Waals surface area (Å²) in [6.07, 6.45) is 0. The minimum atomic E-state index is -2.91. The second-order valence-corrected chi connectivity index (χ2v) is 5.32. The third-order valence-corrected chi connectivity index (χ3v) is 4.29.